The van der Waals surface area contributed by atoms with Crippen LogP contribution in [0.1, 0.15) is 23.0 Å². The fraction of sp³-hybridized carbons (Fsp3) is 0.190. The van der Waals surface area contributed by atoms with Crippen molar-refractivity contribution in [1.29, 1.82) is 0 Å². The van der Waals surface area contributed by atoms with Gasteiger partial charge in [0.05, 0.1) is 24.3 Å². The second-order valence-electron chi connectivity index (χ2n) is 6.33. The number of amides is 1. The molecule has 0 aliphatic carbocycles. The largest absolute Gasteiger partial charge is 0.494 e. The molecule has 0 unspecified atom stereocenters. The summed E-state index contributed by atoms with van der Waals surface area (Å²) in [7, 11) is -2.07. The zero-order chi connectivity index (χ0) is 20.9. The van der Waals surface area contributed by atoms with Crippen molar-refractivity contribution in [3.63, 3.8) is 0 Å². The first-order chi connectivity index (χ1) is 13.9. The fourth-order valence-corrected chi connectivity index (χ4v) is 3.76. The highest BCUT2D eigenvalue weighted by molar-refractivity contribution is 7.92. The van der Waals surface area contributed by atoms with Gasteiger partial charge in [0, 0.05) is 18.3 Å². The predicted octanol–water partition coefficient (Wildman–Crippen LogP) is 3.75. The molecule has 0 saturated heterocycles. The molecule has 7 nitrogen and oxygen atoms in total. The number of hydrogen-bond acceptors (Lipinski definition) is 5. The van der Waals surface area contributed by atoms with Gasteiger partial charge >= 0.3 is 0 Å². The minimum Gasteiger partial charge on any atom is -0.494 e. The average Bonchev–Trinajstić information content (AvgIpc) is 3.21. The van der Waals surface area contributed by atoms with Crippen LogP contribution in [0.15, 0.2) is 76.2 Å². The highest BCUT2D eigenvalue weighted by atomic mass is 32.2. The minimum atomic E-state index is -3.74. The standard InChI is InChI=1S/C21H22N2O5S/c1-3-27-18-10-12-20(13-11-18)29(25,26)22-17-8-6-16(7-9-17)21(24)23(2)15-19-5-4-14-28-19/h4-14,22H,3,15H2,1-2H3. The van der Waals surface area contributed by atoms with E-state index in [1.807, 2.05) is 6.92 Å². The first-order valence-corrected chi connectivity index (χ1v) is 10.5. The van der Waals surface area contributed by atoms with Gasteiger partial charge in [0.1, 0.15) is 11.5 Å². The molecule has 1 amide bonds. The summed E-state index contributed by atoms with van der Waals surface area (Å²) in [5.74, 6) is 1.09. The van der Waals surface area contributed by atoms with Gasteiger partial charge in [-0.15, -0.1) is 0 Å². The van der Waals surface area contributed by atoms with E-state index in [1.54, 1.807) is 61.8 Å². The molecule has 152 valence electrons. The van der Waals surface area contributed by atoms with E-state index in [4.69, 9.17) is 9.15 Å². The van der Waals surface area contributed by atoms with Crippen LogP contribution in [-0.2, 0) is 16.6 Å². The van der Waals surface area contributed by atoms with Gasteiger partial charge in [-0.25, -0.2) is 8.42 Å². The Labute approximate surface area is 170 Å². The Morgan fingerprint density at radius 3 is 2.34 bits per heavy atom. The van der Waals surface area contributed by atoms with Crippen molar-refractivity contribution in [2.75, 3.05) is 18.4 Å². The molecule has 1 aromatic heterocycles. The minimum absolute atomic E-state index is 0.124. The zero-order valence-corrected chi connectivity index (χ0v) is 17.0. The molecule has 0 spiro atoms. The van der Waals surface area contributed by atoms with Crippen molar-refractivity contribution in [2.24, 2.45) is 0 Å². The van der Waals surface area contributed by atoms with E-state index in [1.165, 1.54) is 17.0 Å². The van der Waals surface area contributed by atoms with Crippen LogP contribution in [0.25, 0.3) is 0 Å². The van der Waals surface area contributed by atoms with Crippen LogP contribution in [0.4, 0.5) is 5.69 Å². The second-order valence-corrected chi connectivity index (χ2v) is 8.01. The quantitative estimate of drug-likeness (QED) is 0.606. The summed E-state index contributed by atoms with van der Waals surface area (Å²) in [5.41, 5.74) is 0.812. The van der Waals surface area contributed by atoms with Gasteiger partial charge in [-0.05, 0) is 67.6 Å². The highest BCUT2D eigenvalue weighted by Crippen LogP contribution is 2.20. The molecular formula is C21H22N2O5S. The number of nitrogens with one attached hydrogen (secondary N) is 1. The van der Waals surface area contributed by atoms with Gasteiger partial charge in [0.2, 0.25) is 0 Å². The van der Waals surface area contributed by atoms with Crippen LogP contribution in [0.2, 0.25) is 0 Å². The van der Waals surface area contributed by atoms with Crippen LogP contribution in [0.5, 0.6) is 5.75 Å². The zero-order valence-electron chi connectivity index (χ0n) is 16.2. The smallest absolute Gasteiger partial charge is 0.261 e. The van der Waals surface area contributed by atoms with E-state index >= 15 is 0 Å². The molecule has 0 radical (unpaired) electrons. The molecule has 0 atom stereocenters. The molecule has 1 N–H and O–H groups in total. The third-order valence-corrected chi connectivity index (χ3v) is 5.55. The molecule has 3 aromatic rings. The van der Waals surface area contributed by atoms with Crippen molar-refractivity contribution < 1.29 is 22.4 Å². The van der Waals surface area contributed by atoms with Crippen LogP contribution in [-0.4, -0.2) is 32.9 Å². The lowest BCUT2D eigenvalue weighted by Crippen LogP contribution is -2.26. The lowest BCUT2D eigenvalue weighted by atomic mass is 10.2. The maximum Gasteiger partial charge on any atom is 0.261 e. The van der Waals surface area contributed by atoms with E-state index < -0.39 is 10.0 Å². The summed E-state index contributed by atoms with van der Waals surface area (Å²) >= 11 is 0. The van der Waals surface area contributed by atoms with Crippen LogP contribution >= 0.6 is 0 Å². The molecule has 0 aliphatic rings. The van der Waals surface area contributed by atoms with Crippen molar-refractivity contribution in [3.8, 4) is 5.75 Å². The van der Waals surface area contributed by atoms with E-state index in [2.05, 4.69) is 4.72 Å². The fourth-order valence-electron chi connectivity index (χ4n) is 2.71. The summed E-state index contributed by atoms with van der Waals surface area (Å²) in [6.07, 6.45) is 1.55. The molecule has 0 saturated carbocycles. The molecule has 0 bridgehead atoms. The normalized spacial score (nSPS) is 11.1. The molecule has 8 heteroatoms. The Kier molecular flexibility index (Phi) is 6.23. The molecule has 29 heavy (non-hydrogen) atoms. The monoisotopic (exact) mass is 414 g/mol. The molecule has 1 heterocycles. The first kappa shape index (κ1) is 20.5. The predicted molar refractivity (Wildman–Crippen MR) is 109 cm³/mol. The Bertz CT molecular complexity index is 1040. The molecular weight excluding hydrogens is 392 g/mol. The summed E-state index contributed by atoms with van der Waals surface area (Å²) in [6, 6.07) is 16.0. The number of furan rings is 1. The van der Waals surface area contributed by atoms with Crippen LogP contribution < -0.4 is 9.46 Å². The summed E-state index contributed by atoms with van der Waals surface area (Å²) in [6.45, 7) is 2.71. The van der Waals surface area contributed by atoms with Gasteiger partial charge in [0.25, 0.3) is 15.9 Å². The van der Waals surface area contributed by atoms with Gasteiger partial charge < -0.3 is 14.1 Å². The summed E-state index contributed by atoms with van der Waals surface area (Å²) < 4.78 is 38.2. The SMILES string of the molecule is CCOc1ccc(S(=O)(=O)Nc2ccc(C(=O)N(C)Cc3ccco3)cc2)cc1. The number of nitrogens with zero attached hydrogens (tertiary/aromatic N) is 1. The van der Waals surface area contributed by atoms with Crippen LogP contribution in [0, 0.1) is 0 Å². The maximum atomic E-state index is 12.5. The third kappa shape index (κ3) is 5.17. The molecule has 0 aliphatic heterocycles. The lowest BCUT2D eigenvalue weighted by Gasteiger charge is -2.16. The third-order valence-electron chi connectivity index (χ3n) is 4.15. The Morgan fingerprint density at radius 2 is 1.76 bits per heavy atom. The number of benzene rings is 2. The van der Waals surface area contributed by atoms with Crippen LogP contribution in [0.3, 0.4) is 0 Å². The number of sulfonamides is 1. The van der Waals surface area contributed by atoms with Crippen molar-refractivity contribution in [2.45, 2.75) is 18.4 Å². The van der Waals surface area contributed by atoms with E-state index in [9.17, 15) is 13.2 Å². The number of carbonyl (C=O) groups excluding carboxylic acids is 1. The number of anilines is 1. The van der Waals surface area contributed by atoms with Gasteiger partial charge in [-0.3, -0.25) is 9.52 Å². The Morgan fingerprint density at radius 1 is 1.07 bits per heavy atom. The highest BCUT2D eigenvalue weighted by Gasteiger charge is 2.16. The summed E-state index contributed by atoms with van der Waals surface area (Å²) in [4.78, 5) is 14.2. The van der Waals surface area contributed by atoms with E-state index in [-0.39, 0.29) is 10.8 Å². The van der Waals surface area contributed by atoms with Gasteiger partial charge in [0.15, 0.2) is 0 Å². The average molecular weight is 414 g/mol. The first-order valence-electron chi connectivity index (χ1n) is 9.02. The van der Waals surface area contributed by atoms with E-state index in [0.717, 1.165) is 0 Å². The second kappa shape index (κ2) is 8.83. The number of ether oxygens (including phenoxy) is 1. The lowest BCUT2D eigenvalue weighted by molar-refractivity contribution is 0.0775. The topological polar surface area (TPSA) is 88.8 Å². The van der Waals surface area contributed by atoms with Crippen molar-refractivity contribution >= 4 is 21.6 Å². The van der Waals surface area contributed by atoms with Gasteiger partial charge in [-0.1, -0.05) is 0 Å². The summed E-state index contributed by atoms with van der Waals surface area (Å²) in [5, 5.41) is 0. The van der Waals surface area contributed by atoms with Crippen molar-refractivity contribution in [1.82, 2.24) is 4.90 Å². The van der Waals surface area contributed by atoms with E-state index in [0.29, 0.717) is 35.9 Å². The van der Waals surface area contributed by atoms with Crippen molar-refractivity contribution in [3.05, 3.63) is 78.3 Å². The number of hydrogen-bond donors (Lipinski definition) is 1. The molecule has 3 rings (SSSR count). The Balaban J connectivity index is 1.67. The maximum absolute atomic E-state index is 12.5. The van der Waals surface area contributed by atoms with Gasteiger partial charge in [-0.2, -0.15) is 0 Å². The molecule has 0 fully saturated rings. The number of rotatable bonds is 8. The number of carbonyl (C=O) groups is 1. The Hall–Kier alpha value is -3.26. The molecule has 2 aromatic carbocycles.